The maximum absolute atomic E-state index is 12.6. The van der Waals surface area contributed by atoms with Gasteiger partial charge in [0.1, 0.15) is 34.5 Å². The number of aliphatic hydroxyl groups is 2. The standard InChI is InChI=1S/C30H34N8O8S4/c39-15-21(31-29(43)45-17-19-7-3-1-4-8-19)25(41)32-27-36-34-23(48-27)11-13-47-14-12-24-35-37-28(49-24)33-26(42)22(16-40)50-38-30(44)46-18-20-9-5-2-6-10-20/h1-10,21-22,39-40H,11-18H2,(H,31,43)(H,38,44)(H,32,36,41)(H,33,37,42)/t21-,22?/m0/s1. The number of ether oxygens (including phenoxy) is 2. The van der Waals surface area contributed by atoms with E-state index in [4.69, 9.17) is 9.47 Å². The molecule has 16 nitrogen and oxygen atoms in total. The van der Waals surface area contributed by atoms with Crippen molar-refractivity contribution in [3.8, 4) is 0 Å². The van der Waals surface area contributed by atoms with Gasteiger partial charge in [-0.25, -0.2) is 9.59 Å². The summed E-state index contributed by atoms with van der Waals surface area (Å²) in [4.78, 5) is 49.2. The Morgan fingerprint density at radius 1 is 0.700 bits per heavy atom. The second-order valence-corrected chi connectivity index (χ2v) is 14.3. The summed E-state index contributed by atoms with van der Waals surface area (Å²) in [6, 6.07) is 16.9. The van der Waals surface area contributed by atoms with Crippen LogP contribution >= 0.6 is 46.4 Å². The molecule has 0 aliphatic carbocycles. The number of aromatic nitrogens is 4. The summed E-state index contributed by atoms with van der Waals surface area (Å²) in [6.07, 6.45) is -0.382. The summed E-state index contributed by atoms with van der Waals surface area (Å²) in [5, 5.41) is 43.8. The predicted molar refractivity (Wildman–Crippen MR) is 191 cm³/mol. The van der Waals surface area contributed by atoms with E-state index in [1.165, 1.54) is 22.7 Å². The monoisotopic (exact) mass is 762 g/mol. The van der Waals surface area contributed by atoms with Crippen LogP contribution in [0, 0.1) is 0 Å². The zero-order valence-corrected chi connectivity index (χ0v) is 29.6. The molecule has 0 spiro atoms. The van der Waals surface area contributed by atoms with Crippen molar-refractivity contribution in [3.05, 3.63) is 81.8 Å². The lowest BCUT2D eigenvalue weighted by atomic mass is 10.2. The number of benzene rings is 2. The molecule has 0 saturated carbocycles. The molecule has 0 saturated heterocycles. The molecule has 2 aromatic heterocycles. The van der Waals surface area contributed by atoms with E-state index in [-0.39, 0.29) is 23.5 Å². The summed E-state index contributed by atoms with van der Waals surface area (Å²) in [5.41, 5.74) is 1.59. The van der Waals surface area contributed by atoms with E-state index in [0.717, 1.165) is 34.6 Å². The molecule has 4 aromatic rings. The van der Waals surface area contributed by atoms with Crippen LogP contribution in [0.2, 0.25) is 0 Å². The molecule has 0 radical (unpaired) electrons. The van der Waals surface area contributed by atoms with Crippen LogP contribution in [0.15, 0.2) is 60.7 Å². The van der Waals surface area contributed by atoms with Crippen molar-refractivity contribution in [1.29, 1.82) is 0 Å². The van der Waals surface area contributed by atoms with E-state index >= 15 is 0 Å². The number of carbonyl (C=O) groups is 4. The topological polar surface area (TPSA) is 227 Å². The molecule has 2 aromatic carbocycles. The van der Waals surface area contributed by atoms with Crippen molar-refractivity contribution < 1.29 is 38.9 Å². The van der Waals surface area contributed by atoms with E-state index in [1.807, 2.05) is 48.5 Å². The minimum atomic E-state index is -1.23. The lowest BCUT2D eigenvalue weighted by molar-refractivity contribution is -0.119. The van der Waals surface area contributed by atoms with E-state index in [2.05, 4.69) is 41.1 Å². The Kier molecular flexibility index (Phi) is 16.2. The quantitative estimate of drug-likeness (QED) is 0.0597. The van der Waals surface area contributed by atoms with Crippen LogP contribution in [0.25, 0.3) is 0 Å². The third-order valence-electron chi connectivity index (χ3n) is 6.27. The molecule has 266 valence electrons. The molecule has 2 atom stereocenters. The van der Waals surface area contributed by atoms with Crippen molar-refractivity contribution in [3.63, 3.8) is 0 Å². The van der Waals surface area contributed by atoms with Gasteiger partial charge < -0.3 is 25.0 Å². The van der Waals surface area contributed by atoms with E-state index in [1.54, 1.807) is 23.9 Å². The first kappa shape index (κ1) is 38.5. The first-order valence-corrected chi connectivity index (χ1v) is 18.6. The molecular formula is C30H34N8O8S4. The van der Waals surface area contributed by atoms with Gasteiger partial charge in [-0.3, -0.25) is 24.9 Å². The number of aryl methyl sites for hydroxylation is 2. The van der Waals surface area contributed by atoms with Gasteiger partial charge in [0, 0.05) is 12.8 Å². The van der Waals surface area contributed by atoms with Gasteiger partial charge in [0.05, 0.1) is 13.2 Å². The van der Waals surface area contributed by atoms with Gasteiger partial charge in [0.15, 0.2) is 0 Å². The van der Waals surface area contributed by atoms with E-state index < -0.39 is 48.5 Å². The highest BCUT2D eigenvalue weighted by atomic mass is 32.2. The van der Waals surface area contributed by atoms with Crippen molar-refractivity contribution in [2.24, 2.45) is 0 Å². The number of amides is 4. The van der Waals surface area contributed by atoms with Gasteiger partial charge in [-0.05, 0) is 34.6 Å². The van der Waals surface area contributed by atoms with Crippen molar-refractivity contribution in [2.45, 2.75) is 37.3 Å². The smallest absolute Gasteiger partial charge is 0.417 e. The summed E-state index contributed by atoms with van der Waals surface area (Å²) in [5.74, 6) is 0.236. The number of anilines is 2. The Morgan fingerprint density at radius 3 is 1.74 bits per heavy atom. The minimum Gasteiger partial charge on any atom is -0.445 e. The number of nitrogens with zero attached hydrogens (tertiary/aromatic N) is 4. The largest absolute Gasteiger partial charge is 0.445 e. The summed E-state index contributed by atoms with van der Waals surface area (Å²) in [6.45, 7) is -1.07. The lowest BCUT2D eigenvalue weighted by Gasteiger charge is -2.15. The fraction of sp³-hybridized carbons (Fsp3) is 0.333. The molecule has 4 amide bonds. The maximum Gasteiger partial charge on any atom is 0.417 e. The highest BCUT2D eigenvalue weighted by Gasteiger charge is 2.23. The SMILES string of the molecule is O=C(NSC(CO)C(=O)Nc1nnc(CCSCCc2nnc(NC(=O)[C@H](CO)NC(=O)OCc3ccccc3)s2)s1)OCc1ccccc1. The van der Waals surface area contributed by atoms with Crippen molar-refractivity contribution in [1.82, 2.24) is 30.4 Å². The van der Waals surface area contributed by atoms with Crippen LogP contribution in [0.1, 0.15) is 21.1 Å². The molecule has 20 heteroatoms. The average Bonchev–Trinajstić information content (AvgIpc) is 3.78. The van der Waals surface area contributed by atoms with Crippen molar-refractivity contribution in [2.75, 3.05) is 35.4 Å². The molecule has 0 aliphatic heterocycles. The number of hydrogen-bond acceptors (Lipinski definition) is 16. The van der Waals surface area contributed by atoms with E-state index in [9.17, 15) is 29.4 Å². The van der Waals surface area contributed by atoms with Gasteiger partial charge in [0.2, 0.25) is 16.2 Å². The third kappa shape index (κ3) is 13.5. The number of alkyl carbamates (subject to hydrolysis) is 1. The minimum absolute atomic E-state index is 0.0196. The molecule has 1 unspecified atom stereocenters. The van der Waals surface area contributed by atoms with Crippen LogP contribution < -0.4 is 20.7 Å². The average molecular weight is 763 g/mol. The summed E-state index contributed by atoms with van der Waals surface area (Å²) >= 11 is 4.78. The Balaban J connectivity index is 1.09. The zero-order valence-electron chi connectivity index (χ0n) is 26.4. The Hall–Kier alpha value is -4.34. The molecule has 0 bridgehead atoms. The molecule has 50 heavy (non-hydrogen) atoms. The molecule has 4 rings (SSSR count). The van der Waals surface area contributed by atoms with Gasteiger partial charge in [0.25, 0.3) is 5.91 Å². The zero-order chi connectivity index (χ0) is 35.6. The number of aliphatic hydroxyl groups excluding tert-OH is 2. The number of carbonyl (C=O) groups excluding carboxylic acids is 4. The first-order valence-electron chi connectivity index (χ1n) is 15.0. The summed E-state index contributed by atoms with van der Waals surface area (Å²) in [7, 11) is 0. The Morgan fingerprint density at radius 2 is 1.22 bits per heavy atom. The molecule has 0 aliphatic rings. The number of rotatable bonds is 19. The Bertz CT molecular complexity index is 1660. The van der Waals surface area contributed by atoms with E-state index in [0.29, 0.717) is 22.9 Å². The predicted octanol–water partition coefficient (Wildman–Crippen LogP) is 3.01. The number of thioether (sulfide) groups is 1. The fourth-order valence-electron chi connectivity index (χ4n) is 3.76. The van der Waals surface area contributed by atoms with Crippen LogP contribution in [0.3, 0.4) is 0 Å². The number of hydrogen-bond donors (Lipinski definition) is 6. The highest BCUT2D eigenvalue weighted by Crippen LogP contribution is 2.21. The third-order valence-corrected chi connectivity index (χ3v) is 9.99. The molecule has 6 N–H and O–H groups in total. The number of nitrogens with one attached hydrogen (secondary N) is 4. The van der Waals surface area contributed by atoms with Crippen LogP contribution in [0.5, 0.6) is 0 Å². The first-order chi connectivity index (χ1) is 24.3. The molecule has 2 heterocycles. The lowest BCUT2D eigenvalue weighted by Crippen LogP contribution is -2.46. The second-order valence-electron chi connectivity index (χ2n) is 9.99. The molecule has 0 fully saturated rings. The second kappa shape index (κ2) is 21.0. The normalized spacial score (nSPS) is 12.0. The Labute approximate surface area is 303 Å². The van der Waals surface area contributed by atoms with Crippen LogP contribution in [-0.4, -0.2) is 90.6 Å². The fourth-order valence-corrected chi connectivity index (χ4v) is 6.92. The maximum atomic E-state index is 12.6. The van der Waals surface area contributed by atoms with Gasteiger partial charge in [-0.15, -0.1) is 20.4 Å². The molecular weight excluding hydrogens is 729 g/mol. The van der Waals surface area contributed by atoms with Crippen LogP contribution in [0.4, 0.5) is 19.9 Å². The van der Waals surface area contributed by atoms with Gasteiger partial charge in [-0.1, -0.05) is 83.3 Å². The van der Waals surface area contributed by atoms with Gasteiger partial charge >= 0.3 is 12.2 Å². The van der Waals surface area contributed by atoms with Crippen molar-refractivity contribution >= 4 is 80.6 Å². The van der Waals surface area contributed by atoms with Gasteiger partial charge in [-0.2, -0.15) is 11.8 Å². The van der Waals surface area contributed by atoms with Crippen LogP contribution in [-0.2, 0) is 45.1 Å². The highest BCUT2D eigenvalue weighted by molar-refractivity contribution is 7.99. The summed E-state index contributed by atoms with van der Waals surface area (Å²) < 4.78 is 12.6.